The molecule has 2 fully saturated rings. The topological polar surface area (TPSA) is 139 Å². The highest BCUT2D eigenvalue weighted by Gasteiger charge is 2.82. The first-order chi connectivity index (χ1) is 10.9. The summed E-state index contributed by atoms with van der Waals surface area (Å²) in [5.74, 6) is -0.385. The number of aliphatic hydroxyl groups excluding tert-OH is 2. The molecule has 1 unspecified atom stereocenters. The number of rotatable bonds is 3. The Morgan fingerprint density at radius 2 is 2.35 bits per heavy atom. The number of alkyl halides is 2. The molecule has 23 heavy (non-hydrogen) atoms. The van der Waals surface area contributed by atoms with Crippen LogP contribution in [-0.4, -0.2) is 65.7 Å². The van der Waals surface area contributed by atoms with E-state index in [9.17, 15) is 15.0 Å². The zero-order valence-corrected chi connectivity index (χ0v) is 12.4. The molecule has 5 atom stereocenters. The van der Waals surface area contributed by atoms with Gasteiger partial charge in [-0.2, -0.15) is 4.98 Å². The third kappa shape index (κ3) is 1.63. The lowest BCUT2D eigenvalue weighted by atomic mass is 9.95. The van der Waals surface area contributed by atoms with Crippen molar-refractivity contribution in [2.24, 2.45) is 0 Å². The highest BCUT2D eigenvalue weighted by Crippen LogP contribution is 2.64. The van der Waals surface area contributed by atoms with Crippen molar-refractivity contribution in [2.75, 3.05) is 18.2 Å². The SMILES string of the molecule is Nc1nc2c(ncn2C2[C@@H]3O[C@@](CO)(CCl)[C@@H](O)[C@@]23F)c(=O)[nH]1. The lowest BCUT2D eigenvalue weighted by Gasteiger charge is -2.32. The van der Waals surface area contributed by atoms with E-state index in [4.69, 9.17) is 22.1 Å². The molecule has 2 aromatic heterocycles. The fraction of sp³-hybridized carbons (Fsp3) is 0.583. The maximum absolute atomic E-state index is 15.2. The summed E-state index contributed by atoms with van der Waals surface area (Å²) in [6.45, 7) is -0.609. The molecule has 2 aliphatic rings. The Labute approximate surface area is 132 Å². The summed E-state index contributed by atoms with van der Waals surface area (Å²) < 4.78 is 22.0. The molecule has 0 aromatic carbocycles. The van der Waals surface area contributed by atoms with Gasteiger partial charge in [-0.15, -0.1) is 11.6 Å². The van der Waals surface area contributed by atoms with Crippen LogP contribution in [0.5, 0.6) is 0 Å². The Kier molecular flexibility index (Phi) is 2.84. The van der Waals surface area contributed by atoms with Gasteiger partial charge in [0.1, 0.15) is 23.9 Å². The van der Waals surface area contributed by atoms with Crippen LogP contribution in [0.2, 0.25) is 0 Å². The Morgan fingerprint density at radius 3 is 2.91 bits per heavy atom. The third-order valence-electron chi connectivity index (χ3n) is 4.59. The highest BCUT2D eigenvalue weighted by molar-refractivity contribution is 6.18. The molecule has 11 heteroatoms. The number of imidazole rings is 1. The summed E-state index contributed by atoms with van der Waals surface area (Å²) in [7, 11) is 0. The van der Waals surface area contributed by atoms with Gasteiger partial charge in [0.25, 0.3) is 5.56 Å². The van der Waals surface area contributed by atoms with Crippen LogP contribution < -0.4 is 11.3 Å². The molecule has 0 radical (unpaired) electrons. The molecular formula is C12H13ClFN5O4. The predicted molar refractivity (Wildman–Crippen MR) is 76.9 cm³/mol. The standard InChI is InChI=1S/C12H13ClFN5O4/c13-1-11(2-20)9(22)12(14)5(6(12)23-11)19-3-16-4-7(19)17-10(15)18-8(4)21/h3,5-6,9,20,22H,1-2H2,(H3,15,17,18,21)/t5?,6-,9+,11+,12+/m0/s1. The Hall–Kier alpha value is -1.75. The fourth-order valence-electron chi connectivity index (χ4n) is 3.30. The molecule has 5 N–H and O–H groups in total. The van der Waals surface area contributed by atoms with E-state index >= 15 is 4.39 Å². The minimum absolute atomic E-state index is 0.00743. The quantitative estimate of drug-likeness (QED) is 0.507. The van der Waals surface area contributed by atoms with Crippen LogP contribution in [0.25, 0.3) is 11.2 Å². The maximum atomic E-state index is 15.2. The zero-order valence-electron chi connectivity index (χ0n) is 11.6. The highest BCUT2D eigenvalue weighted by atomic mass is 35.5. The van der Waals surface area contributed by atoms with Gasteiger partial charge in [0.05, 0.1) is 18.8 Å². The van der Waals surface area contributed by atoms with E-state index in [1.807, 2.05) is 0 Å². The van der Waals surface area contributed by atoms with Gasteiger partial charge in [0.15, 0.2) is 16.8 Å². The smallest absolute Gasteiger partial charge is 0.280 e. The summed E-state index contributed by atoms with van der Waals surface area (Å²) in [5.41, 5.74) is 1.37. The Bertz CT molecular complexity index is 852. The van der Waals surface area contributed by atoms with Crippen molar-refractivity contribution in [1.29, 1.82) is 0 Å². The molecule has 1 saturated carbocycles. The van der Waals surface area contributed by atoms with Crippen LogP contribution in [0.1, 0.15) is 6.04 Å². The number of hydrogen-bond donors (Lipinski definition) is 4. The minimum atomic E-state index is -2.15. The lowest BCUT2D eigenvalue weighted by Crippen LogP contribution is -2.51. The third-order valence-corrected chi connectivity index (χ3v) is 5.04. The van der Waals surface area contributed by atoms with E-state index in [1.54, 1.807) is 0 Å². The van der Waals surface area contributed by atoms with Crippen LogP contribution in [-0.2, 0) is 4.74 Å². The number of H-pyrrole nitrogens is 1. The summed E-state index contributed by atoms with van der Waals surface area (Å²) >= 11 is 5.71. The number of aromatic amines is 1. The monoisotopic (exact) mass is 345 g/mol. The Morgan fingerprint density at radius 1 is 1.61 bits per heavy atom. The maximum Gasteiger partial charge on any atom is 0.280 e. The number of aromatic nitrogens is 4. The minimum Gasteiger partial charge on any atom is -0.393 e. The summed E-state index contributed by atoms with van der Waals surface area (Å²) in [6, 6.07) is -0.931. The molecular weight excluding hydrogens is 333 g/mol. The molecule has 3 heterocycles. The molecule has 0 spiro atoms. The lowest BCUT2D eigenvalue weighted by molar-refractivity contribution is -0.116. The van der Waals surface area contributed by atoms with Gasteiger partial charge in [-0.3, -0.25) is 9.78 Å². The van der Waals surface area contributed by atoms with Crippen LogP contribution in [0, 0.1) is 0 Å². The number of nitrogens with one attached hydrogen (secondary N) is 1. The molecule has 4 rings (SSSR count). The van der Waals surface area contributed by atoms with Crippen LogP contribution in [0.4, 0.5) is 10.3 Å². The van der Waals surface area contributed by atoms with Crippen molar-refractivity contribution in [3.63, 3.8) is 0 Å². The van der Waals surface area contributed by atoms with Gasteiger partial charge in [-0.05, 0) is 0 Å². The summed E-state index contributed by atoms with van der Waals surface area (Å²) in [5, 5.41) is 19.6. The van der Waals surface area contributed by atoms with E-state index in [0.29, 0.717) is 0 Å². The summed E-state index contributed by atoms with van der Waals surface area (Å²) in [4.78, 5) is 21.9. The molecule has 9 nitrogen and oxygen atoms in total. The van der Waals surface area contributed by atoms with Crippen LogP contribution in [0.3, 0.4) is 0 Å². The molecule has 1 saturated heterocycles. The van der Waals surface area contributed by atoms with Crippen LogP contribution in [0.15, 0.2) is 11.1 Å². The fourth-order valence-corrected chi connectivity index (χ4v) is 3.59. The second-order valence-corrected chi connectivity index (χ2v) is 6.11. The van der Waals surface area contributed by atoms with Gasteiger partial charge >= 0.3 is 0 Å². The van der Waals surface area contributed by atoms with Crippen molar-refractivity contribution in [1.82, 2.24) is 19.5 Å². The summed E-state index contributed by atoms with van der Waals surface area (Å²) in [6.07, 6.45) is -1.40. The van der Waals surface area contributed by atoms with Crippen molar-refractivity contribution in [3.05, 3.63) is 16.7 Å². The number of aliphatic hydroxyl groups is 2. The van der Waals surface area contributed by atoms with Crippen molar-refractivity contribution >= 4 is 28.7 Å². The first-order valence-electron chi connectivity index (χ1n) is 6.83. The number of anilines is 1. The molecule has 1 aliphatic carbocycles. The van der Waals surface area contributed by atoms with Gasteiger partial charge in [0, 0.05) is 0 Å². The normalized spacial score (nSPS) is 38.9. The first kappa shape index (κ1) is 14.8. The van der Waals surface area contributed by atoms with E-state index < -0.39 is 41.7 Å². The second-order valence-electron chi connectivity index (χ2n) is 5.84. The van der Waals surface area contributed by atoms with E-state index in [0.717, 1.165) is 0 Å². The second kappa shape index (κ2) is 4.41. The zero-order chi connectivity index (χ0) is 16.6. The molecule has 0 bridgehead atoms. The van der Waals surface area contributed by atoms with Crippen molar-refractivity contribution in [2.45, 2.75) is 29.5 Å². The van der Waals surface area contributed by atoms with Gasteiger partial charge < -0.3 is 25.3 Å². The number of nitrogen functional groups attached to an aromatic ring is 1. The number of fused-ring (bicyclic) bond motifs is 2. The number of halogens is 2. The number of ether oxygens (including phenoxy) is 1. The Balaban J connectivity index is 1.78. The first-order valence-corrected chi connectivity index (χ1v) is 7.36. The van der Waals surface area contributed by atoms with E-state index in [-0.39, 0.29) is 23.0 Å². The van der Waals surface area contributed by atoms with Gasteiger partial charge in [0.2, 0.25) is 5.95 Å². The molecule has 2 aromatic rings. The van der Waals surface area contributed by atoms with Crippen LogP contribution >= 0.6 is 11.6 Å². The van der Waals surface area contributed by atoms with Crippen molar-refractivity contribution < 1.29 is 19.3 Å². The number of hydrogen-bond acceptors (Lipinski definition) is 7. The molecule has 1 aliphatic heterocycles. The average Bonchev–Trinajstić information content (AvgIpc) is 2.82. The van der Waals surface area contributed by atoms with Gasteiger partial charge in [-0.25, -0.2) is 9.37 Å². The van der Waals surface area contributed by atoms with Gasteiger partial charge in [-0.1, -0.05) is 0 Å². The number of nitrogens with two attached hydrogens (primary N) is 1. The molecule has 0 amide bonds. The largest absolute Gasteiger partial charge is 0.393 e. The number of nitrogens with zero attached hydrogens (tertiary/aromatic N) is 3. The predicted octanol–water partition coefficient (Wildman–Crippen LogP) is -1.31. The molecule has 124 valence electrons. The average molecular weight is 346 g/mol. The van der Waals surface area contributed by atoms with Crippen molar-refractivity contribution in [3.8, 4) is 0 Å². The van der Waals surface area contributed by atoms with E-state index in [1.165, 1.54) is 10.9 Å². The van der Waals surface area contributed by atoms with E-state index in [2.05, 4.69) is 15.0 Å².